The van der Waals surface area contributed by atoms with Crippen LogP contribution in [0.25, 0.3) is 16.5 Å². The smallest absolute Gasteiger partial charge is 0.320 e. The molecule has 0 aliphatic rings. The van der Waals surface area contributed by atoms with Gasteiger partial charge in [-0.05, 0) is 50.0 Å². The number of aliphatic hydroxyl groups is 1. The van der Waals surface area contributed by atoms with E-state index in [1.807, 2.05) is 45.9 Å². The van der Waals surface area contributed by atoms with Gasteiger partial charge in [-0.3, -0.25) is 10.3 Å². The van der Waals surface area contributed by atoms with Crippen molar-refractivity contribution in [2.75, 3.05) is 11.9 Å². The number of aliphatic hydroxyl groups excluding tert-OH is 1. The van der Waals surface area contributed by atoms with Gasteiger partial charge in [0.2, 0.25) is 0 Å². The minimum Gasteiger partial charge on any atom is -0.388 e. The highest BCUT2D eigenvalue weighted by Gasteiger charge is 2.10. The predicted molar refractivity (Wildman–Crippen MR) is 115 cm³/mol. The Labute approximate surface area is 166 Å². The Morgan fingerprint density at radius 2 is 2.04 bits per heavy atom. The molecule has 28 heavy (non-hydrogen) atoms. The topological polar surface area (TPSA) is 87.1 Å². The number of fused-ring (bicyclic) bond motifs is 1. The molecule has 0 saturated carbocycles. The lowest BCUT2D eigenvalue weighted by atomic mass is 9.96. The van der Waals surface area contributed by atoms with E-state index in [2.05, 4.69) is 27.2 Å². The van der Waals surface area contributed by atoms with Crippen molar-refractivity contribution in [1.29, 1.82) is 0 Å². The van der Waals surface area contributed by atoms with Crippen LogP contribution in [-0.4, -0.2) is 33.8 Å². The molecular weight excluding hydrogens is 352 g/mol. The first-order valence-corrected chi connectivity index (χ1v) is 9.42. The fourth-order valence-corrected chi connectivity index (χ4v) is 2.90. The Kier molecular flexibility index (Phi) is 7.46. The maximum absolute atomic E-state index is 11.6. The average molecular weight is 380 g/mol. The van der Waals surface area contributed by atoms with Crippen LogP contribution in [0.15, 0.2) is 54.4 Å². The summed E-state index contributed by atoms with van der Waals surface area (Å²) in [4.78, 5) is 20.5. The molecule has 0 fully saturated rings. The van der Waals surface area contributed by atoms with Gasteiger partial charge in [0.05, 0.1) is 11.6 Å². The number of allylic oxidation sites excluding steroid dienone is 3. The van der Waals surface area contributed by atoms with Crippen LogP contribution < -0.4 is 10.6 Å². The van der Waals surface area contributed by atoms with Crippen molar-refractivity contribution < 1.29 is 9.90 Å². The van der Waals surface area contributed by atoms with Crippen molar-refractivity contribution in [3.8, 4) is 0 Å². The lowest BCUT2D eigenvalue weighted by Gasteiger charge is -2.13. The molecular formula is C22H28N4O2. The summed E-state index contributed by atoms with van der Waals surface area (Å²) in [5, 5.41) is 16.2. The van der Waals surface area contributed by atoms with E-state index in [0.717, 1.165) is 27.6 Å². The van der Waals surface area contributed by atoms with Crippen LogP contribution in [0.3, 0.4) is 0 Å². The number of nitrogens with one attached hydrogen (secondary N) is 2. The van der Waals surface area contributed by atoms with Crippen molar-refractivity contribution in [3.63, 3.8) is 0 Å². The molecule has 0 spiro atoms. The van der Waals surface area contributed by atoms with Gasteiger partial charge >= 0.3 is 6.03 Å². The number of rotatable bonds is 7. The highest BCUT2D eigenvalue weighted by molar-refractivity contribution is 5.91. The Bertz CT molecular complexity index is 931. The van der Waals surface area contributed by atoms with Crippen LogP contribution >= 0.6 is 0 Å². The number of hydrogen-bond acceptors (Lipinski definition) is 4. The Morgan fingerprint density at radius 3 is 2.68 bits per heavy atom. The molecule has 0 aliphatic heterocycles. The Balaban J connectivity index is 2.30. The van der Waals surface area contributed by atoms with E-state index in [1.165, 1.54) is 0 Å². The van der Waals surface area contributed by atoms with Crippen LogP contribution in [-0.2, 0) is 0 Å². The zero-order chi connectivity index (χ0) is 20.7. The van der Waals surface area contributed by atoms with Crippen molar-refractivity contribution >= 4 is 28.3 Å². The predicted octanol–water partition coefficient (Wildman–Crippen LogP) is 4.45. The molecule has 2 heterocycles. The normalized spacial score (nSPS) is 13.3. The van der Waals surface area contributed by atoms with Crippen LogP contribution in [0.2, 0.25) is 0 Å². The zero-order valence-electron chi connectivity index (χ0n) is 16.9. The molecule has 148 valence electrons. The number of aromatic nitrogens is 2. The van der Waals surface area contributed by atoms with Crippen LogP contribution in [0.4, 0.5) is 10.6 Å². The molecule has 0 aliphatic carbocycles. The van der Waals surface area contributed by atoms with Gasteiger partial charge < -0.3 is 10.4 Å². The molecule has 2 rings (SSSR count). The number of pyridine rings is 2. The minimum atomic E-state index is -0.539. The van der Waals surface area contributed by atoms with Crippen LogP contribution in [0, 0.1) is 0 Å². The van der Waals surface area contributed by atoms with E-state index >= 15 is 0 Å². The van der Waals surface area contributed by atoms with E-state index in [1.54, 1.807) is 18.5 Å². The van der Waals surface area contributed by atoms with Gasteiger partial charge in [0.25, 0.3) is 0 Å². The summed E-state index contributed by atoms with van der Waals surface area (Å²) in [6, 6.07) is 3.46. The summed E-state index contributed by atoms with van der Waals surface area (Å²) < 4.78 is 0. The van der Waals surface area contributed by atoms with Crippen molar-refractivity contribution in [2.45, 2.75) is 40.2 Å². The third-order valence-electron chi connectivity index (χ3n) is 4.39. The average Bonchev–Trinajstić information content (AvgIpc) is 2.68. The summed E-state index contributed by atoms with van der Waals surface area (Å²) >= 11 is 0. The second-order valence-electron chi connectivity index (χ2n) is 6.50. The minimum absolute atomic E-state index is 0.294. The molecule has 3 N–H and O–H groups in total. The Hall–Kier alpha value is -2.99. The van der Waals surface area contributed by atoms with Gasteiger partial charge in [-0.1, -0.05) is 25.7 Å². The summed E-state index contributed by atoms with van der Waals surface area (Å²) in [5.41, 5.74) is 4.41. The van der Waals surface area contributed by atoms with E-state index in [9.17, 15) is 9.90 Å². The third kappa shape index (κ3) is 5.27. The maximum Gasteiger partial charge on any atom is 0.320 e. The number of carbonyl (C=O) groups is 1. The monoisotopic (exact) mass is 380 g/mol. The Morgan fingerprint density at radius 1 is 1.29 bits per heavy atom. The van der Waals surface area contributed by atoms with Gasteiger partial charge in [-0.15, -0.1) is 0 Å². The lowest BCUT2D eigenvalue weighted by Crippen LogP contribution is -2.28. The molecule has 6 nitrogen and oxygen atoms in total. The van der Waals surface area contributed by atoms with Gasteiger partial charge in [-0.2, -0.15) is 0 Å². The highest BCUT2D eigenvalue weighted by Crippen LogP contribution is 2.27. The molecule has 2 aromatic heterocycles. The van der Waals surface area contributed by atoms with Crippen LogP contribution in [0.1, 0.15) is 39.7 Å². The maximum atomic E-state index is 11.6. The van der Waals surface area contributed by atoms with Crippen molar-refractivity contribution in [1.82, 2.24) is 15.3 Å². The highest BCUT2D eigenvalue weighted by atomic mass is 16.3. The molecule has 0 radical (unpaired) electrons. The van der Waals surface area contributed by atoms with Gasteiger partial charge in [0.15, 0.2) is 0 Å². The number of urea groups is 1. The SMILES string of the molecule is C=C(/C=C(C)\C(=C/C)c1cnc2cc(NC(=O)NCC)ncc2c1)C(O)CC. The molecule has 1 unspecified atom stereocenters. The molecule has 2 aromatic rings. The number of amides is 2. The third-order valence-corrected chi connectivity index (χ3v) is 4.39. The summed E-state index contributed by atoms with van der Waals surface area (Å²) in [6.07, 6.45) is 7.50. The largest absolute Gasteiger partial charge is 0.388 e. The fraction of sp³-hybridized carbons (Fsp3) is 0.318. The lowest BCUT2D eigenvalue weighted by molar-refractivity contribution is 0.211. The quantitative estimate of drug-likeness (QED) is 0.620. The molecule has 0 saturated heterocycles. The number of nitrogens with zero attached hydrogens (tertiary/aromatic N) is 2. The second kappa shape index (κ2) is 9.80. The van der Waals surface area contributed by atoms with E-state index in [-0.39, 0.29) is 6.03 Å². The molecule has 6 heteroatoms. The van der Waals surface area contributed by atoms with Crippen molar-refractivity contribution in [2.24, 2.45) is 0 Å². The second-order valence-corrected chi connectivity index (χ2v) is 6.50. The van der Waals surface area contributed by atoms with Crippen molar-refractivity contribution in [3.05, 3.63) is 60.0 Å². The molecule has 1 atom stereocenters. The number of hydrogen-bond donors (Lipinski definition) is 3. The molecule has 2 amide bonds. The van der Waals surface area contributed by atoms with E-state index in [0.29, 0.717) is 24.4 Å². The van der Waals surface area contributed by atoms with E-state index in [4.69, 9.17) is 0 Å². The molecule has 0 bridgehead atoms. The number of anilines is 1. The standard InChI is InChI=1S/C22H28N4O2/c1-6-18(14(4)9-15(5)20(27)7-2)16-10-17-13-25-21(11-19(17)24-12-16)26-22(28)23-8-3/h6,9-13,20,27H,5,7-8H2,1-4H3,(H2,23,25,26,28)/b14-9-,18-6+. The summed E-state index contributed by atoms with van der Waals surface area (Å²) in [7, 11) is 0. The zero-order valence-corrected chi connectivity index (χ0v) is 16.9. The fourth-order valence-electron chi connectivity index (χ4n) is 2.90. The first kappa shape index (κ1) is 21.3. The molecule has 0 aromatic carbocycles. The van der Waals surface area contributed by atoms with Crippen LogP contribution in [0.5, 0.6) is 0 Å². The van der Waals surface area contributed by atoms with E-state index < -0.39 is 6.10 Å². The van der Waals surface area contributed by atoms with Gasteiger partial charge in [0, 0.05) is 36.0 Å². The summed E-state index contributed by atoms with van der Waals surface area (Å²) in [5.74, 6) is 0.450. The van der Waals surface area contributed by atoms with Gasteiger partial charge in [-0.25, -0.2) is 9.78 Å². The number of carbonyl (C=O) groups excluding carboxylic acids is 1. The van der Waals surface area contributed by atoms with Gasteiger partial charge in [0.1, 0.15) is 5.82 Å². The first-order chi connectivity index (χ1) is 13.4. The summed E-state index contributed by atoms with van der Waals surface area (Å²) in [6.45, 7) is 12.2. The first-order valence-electron chi connectivity index (χ1n) is 9.42.